The van der Waals surface area contributed by atoms with Crippen LogP contribution in [-0.2, 0) is 0 Å². The Hall–Kier alpha value is -0.780. The van der Waals surface area contributed by atoms with Crippen LogP contribution in [0.3, 0.4) is 0 Å². The van der Waals surface area contributed by atoms with Crippen LogP contribution in [0.2, 0.25) is 0 Å². The second kappa shape index (κ2) is 15.7. The molecular formula is C15H28. The molecule has 1 aromatic rings. The first-order chi connectivity index (χ1) is 7.00. The molecule has 1 aromatic carbocycles. The van der Waals surface area contributed by atoms with Gasteiger partial charge in [-0.2, -0.15) is 0 Å². The van der Waals surface area contributed by atoms with Crippen molar-refractivity contribution in [2.24, 2.45) is 0 Å². The molecule has 0 radical (unpaired) electrons. The molecule has 1 saturated carbocycles. The molecule has 0 heterocycles. The molecule has 0 aromatic heterocycles. The van der Waals surface area contributed by atoms with Gasteiger partial charge in [0.2, 0.25) is 0 Å². The highest BCUT2D eigenvalue weighted by Crippen LogP contribution is 2.15. The van der Waals surface area contributed by atoms with Crippen molar-refractivity contribution in [2.75, 3.05) is 0 Å². The lowest BCUT2D eigenvalue weighted by Crippen LogP contribution is -1.85. The van der Waals surface area contributed by atoms with Gasteiger partial charge in [-0.05, 0) is 0 Å². The maximum atomic E-state index is 2.00. The van der Waals surface area contributed by atoms with E-state index in [1.165, 1.54) is 38.5 Å². The largest absolute Gasteiger partial charge is 0.0776 e. The van der Waals surface area contributed by atoms with Crippen LogP contribution in [0, 0.1) is 0 Å². The smallest absolute Gasteiger partial charge is 0.0533 e. The highest BCUT2D eigenvalue weighted by molar-refractivity contribution is 4.99. The molecular weight excluding hydrogens is 180 g/mol. The third-order valence-electron chi connectivity index (χ3n) is 2.17. The third-order valence-corrected chi connectivity index (χ3v) is 2.17. The van der Waals surface area contributed by atoms with Gasteiger partial charge in [0.1, 0.15) is 0 Å². The fraction of sp³-hybridized carbons (Fsp3) is 0.600. The lowest BCUT2D eigenvalue weighted by Gasteiger charge is -2.05. The quantitative estimate of drug-likeness (QED) is 0.514. The summed E-state index contributed by atoms with van der Waals surface area (Å²) >= 11 is 0. The van der Waals surface area contributed by atoms with Gasteiger partial charge in [-0.25, -0.2) is 0 Å². The molecule has 1 aliphatic rings. The Labute approximate surface area is 96.7 Å². The Morgan fingerprint density at radius 3 is 0.733 bits per heavy atom. The summed E-state index contributed by atoms with van der Waals surface area (Å²) in [6.07, 6.45) is 9.00. The fourth-order valence-corrected chi connectivity index (χ4v) is 1.45. The molecule has 0 spiro atoms. The fourth-order valence-electron chi connectivity index (χ4n) is 1.45. The third kappa shape index (κ3) is 13.2. The van der Waals surface area contributed by atoms with Gasteiger partial charge in [-0.15, -0.1) is 0 Å². The Morgan fingerprint density at radius 2 is 0.600 bits per heavy atom. The summed E-state index contributed by atoms with van der Waals surface area (Å²) in [5, 5.41) is 0. The maximum Gasteiger partial charge on any atom is -0.0533 e. The van der Waals surface area contributed by atoms with Crippen molar-refractivity contribution < 1.29 is 0 Å². The predicted octanol–water partition coefficient (Wildman–Crippen LogP) is 5.69. The molecule has 88 valence electrons. The Morgan fingerprint density at radius 1 is 0.467 bits per heavy atom. The van der Waals surface area contributed by atoms with Crippen LogP contribution < -0.4 is 0 Å². The van der Waals surface area contributed by atoms with Gasteiger partial charge in [0.05, 0.1) is 0 Å². The van der Waals surface area contributed by atoms with Crippen LogP contribution in [0.1, 0.15) is 59.8 Å². The van der Waals surface area contributed by atoms with E-state index < -0.39 is 0 Å². The van der Waals surface area contributed by atoms with Crippen molar-refractivity contribution in [1.82, 2.24) is 0 Å². The Kier molecular flexibility index (Phi) is 17.4. The van der Waals surface area contributed by atoms with E-state index >= 15 is 0 Å². The van der Waals surface area contributed by atoms with E-state index in [2.05, 4.69) is 0 Å². The molecule has 0 N–H and O–H groups in total. The van der Waals surface area contributed by atoms with Gasteiger partial charge in [-0.3, -0.25) is 0 Å². The molecule has 0 aliphatic heterocycles. The van der Waals surface area contributed by atoms with Gasteiger partial charge in [-0.1, -0.05) is 96.2 Å². The average molecular weight is 208 g/mol. The van der Waals surface area contributed by atoms with Crippen molar-refractivity contribution in [2.45, 2.75) is 59.8 Å². The summed E-state index contributed by atoms with van der Waals surface area (Å²) in [6.45, 7) is 4.00. The van der Waals surface area contributed by atoms with Crippen LogP contribution in [0.4, 0.5) is 0 Å². The molecule has 0 amide bonds. The minimum absolute atomic E-state index is 0. The van der Waals surface area contributed by atoms with E-state index in [9.17, 15) is 0 Å². The van der Waals surface area contributed by atoms with Crippen LogP contribution in [-0.4, -0.2) is 0 Å². The molecule has 15 heavy (non-hydrogen) atoms. The Bertz CT molecular complexity index is 124. The van der Waals surface area contributed by atoms with E-state index in [-0.39, 0.29) is 7.43 Å². The van der Waals surface area contributed by atoms with Gasteiger partial charge in [0.25, 0.3) is 0 Å². The van der Waals surface area contributed by atoms with E-state index in [1.807, 2.05) is 50.2 Å². The molecule has 2 rings (SSSR count). The van der Waals surface area contributed by atoms with Crippen molar-refractivity contribution in [3.8, 4) is 0 Å². The normalized spacial score (nSPS) is 13.2. The summed E-state index contributed by atoms with van der Waals surface area (Å²) in [5.41, 5.74) is 0. The topological polar surface area (TPSA) is 0 Å². The first-order valence-electron chi connectivity index (χ1n) is 6.00. The van der Waals surface area contributed by atoms with Crippen molar-refractivity contribution in [1.29, 1.82) is 0 Å². The number of hydrogen-bond donors (Lipinski definition) is 0. The molecule has 1 fully saturated rings. The second-order valence-electron chi connectivity index (χ2n) is 3.28. The summed E-state index contributed by atoms with van der Waals surface area (Å²) in [4.78, 5) is 0. The lowest BCUT2D eigenvalue weighted by atomic mass is 10.0. The molecule has 0 unspecified atom stereocenters. The van der Waals surface area contributed by atoms with Gasteiger partial charge in [0.15, 0.2) is 0 Å². The summed E-state index contributed by atoms with van der Waals surface area (Å²) in [5.74, 6) is 0. The number of benzene rings is 1. The zero-order valence-electron chi connectivity index (χ0n) is 9.71. The molecule has 0 heteroatoms. The Balaban J connectivity index is 0. The maximum absolute atomic E-state index is 2.00. The highest BCUT2D eigenvalue weighted by atomic mass is 14.0. The van der Waals surface area contributed by atoms with Crippen molar-refractivity contribution in [3.63, 3.8) is 0 Å². The SMILES string of the molecule is C.C1CCCCC1.CC.c1ccccc1. The predicted molar refractivity (Wildman–Crippen MR) is 72.2 cm³/mol. The van der Waals surface area contributed by atoms with E-state index in [1.54, 1.807) is 0 Å². The standard InChI is InChI=1S/C6H12.C6H6.C2H6.CH4/c2*1-2-4-6-5-3-1;1-2;/h1-6H2;1-6H;1-2H3;1H4. The van der Waals surface area contributed by atoms with Gasteiger partial charge >= 0.3 is 0 Å². The molecule has 0 bridgehead atoms. The van der Waals surface area contributed by atoms with Crippen LogP contribution in [0.5, 0.6) is 0 Å². The van der Waals surface area contributed by atoms with Gasteiger partial charge < -0.3 is 0 Å². The minimum Gasteiger partial charge on any atom is -0.0776 e. The summed E-state index contributed by atoms with van der Waals surface area (Å²) in [7, 11) is 0. The average Bonchev–Trinajstić information content (AvgIpc) is 2.37. The molecule has 1 aliphatic carbocycles. The second-order valence-corrected chi connectivity index (χ2v) is 3.28. The van der Waals surface area contributed by atoms with Crippen LogP contribution >= 0.6 is 0 Å². The zero-order chi connectivity index (χ0) is 10.5. The molecule has 0 nitrogen and oxygen atoms in total. The summed E-state index contributed by atoms with van der Waals surface area (Å²) < 4.78 is 0. The molecule has 0 saturated heterocycles. The van der Waals surface area contributed by atoms with E-state index in [0.717, 1.165) is 0 Å². The summed E-state index contributed by atoms with van der Waals surface area (Å²) in [6, 6.07) is 12.0. The number of hydrogen-bond acceptors (Lipinski definition) is 0. The highest BCUT2D eigenvalue weighted by Gasteiger charge is 1.95. The van der Waals surface area contributed by atoms with Crippen LogP contribution in [0.15, 0.2) is 36.4 Å². The van der Waals surface area contributed by atoms with Crippen LogP contribution in [0.25, 0.3) is 0 Å². The monoisotopic (exact) mass is 208 g/mol. The van der Waals surface area contributed by atoms with Crippen molar-refractivity contribution >= 4 is 0 Å². The minimum atomic E-state index is 0. The zero-order valence-corrected chi connectivity index (χ0v) is 9.71. The number of rotatable bonds is 0. The first-order valence-corrected chi connectivity index (χ1v) is 6.00. The van der Waals surface area contributed by atoms with Crippen molar-refractivity contribution in [3.05, 3.63) is 36.4 Å². The van der Waals surface area contributed by atoms with Gasteiger partial charge in [0, 0.05) is 0 Å². The molecule has 0 atom stereocenters. The van der Waals surface area contributed by atoms with E-state index in [0.29, 0.717) is 0 Å². The van der Waals surface area contributed by atoms with E-state index in [4.69, 9.17) is 0 Å². The lowest BCUT2D eigenvalue weighted by molar-refractivity contribution is 0.504. The first kappa shape index (κ1) is 16.6.